The van der Waals surface area contributed by atoms with Gasteiger partial charge in [-0.1, -0.05) is 71.4 Å². The molecule has 4 aromatic rings. The van der Waals surface area contributed by atoms with E-state index >= 15 is 0 Å². The minimum atomic E-state index is -0.262. The quantitative estimate of drug-likeness (QED) is 0.440. The molecule has 0 aliphatic rings. The maximum atomic E-state index is 12.9. The Kier molecular flexibility index (Phi) is 5.57. The van der Waals surface area contributed by atoms with Gasteiger partial charge in [0, 0.05) is 17.5 Å². The molecule has 0 bridgehead atoms. The van der Waals surface area contributed by atoms with Crippen molar-refractivity contribution in [1.29, 1.82) is 0 Å². The van der Waals surface area contributed by atoms with Crippen molar-refractivity contribution in [2.75, 3.05) is 11.9 Å². The van der Waals surface area contributed by atoms with E-state index in [2.05, 4.69) is 22.0 Å². The molecule has 0 spiro atoms. The molecule has 6 heteroatoms. The third kappa shape index (κ3) is 4.22. The van der Waals surface area contributed by atoms with Crippen LogP contribution in [0.2, 0.25) is 0 Å². The third-order valence-electron chi connectivity index (χ3n) is 4.74. The monoisotopic (exact) mass is 398 g/mol. The van der Waals surface area contributed by atoms with Crippen LogP contribution in [0.15, 0.2) is 83.9 Å². The topological polar surface area (TPSA) is 71.3 Å². The normalized spacial score (nSPS) is 10.7. The second-order valence-corrected chi connectivity index (χ2v) is 7.01. The van der Waals surface area contributed by atoms with Crippen molar-refractivity contribution < 1.29 is 9.32 Å². The molecule has 0 atom stereocenters. The molecule has 150 valence electrons. The number of nitrogens with zero attached hydrogens (tertiary/aromatic N) is 3. The SMILES string of the molecule is C=CCN(Cc1nc(-c2cccc(C)c2)no1)C(=O)Nc1cccc2ccccc12. The van der Waals surface area contributed by atoms with Crippen LogP contribution in [-0.2, 0) is 6.54 Å². The average molecular weight is 398 g/mol. The highest BCUT2D eigenvalue weighted by Crippen LogP contribution is 2.23. The van der Waals surface area contributed by atoms with Crippen LogP contribution in [0.25, 0.3) is 22.2 Å². The molecule has 30 heavy (non-hydrogen) atoms. The zero-order valence-corrected chi connectivity index (χ0v) is 16.7. The summed E-state index contributed by atoms with van der Waals surface area (Å²) in [7, 11) is 0. The van der Waals surface area contributed by atoms with Crippen LogP contribution in [-0.4, -0.2) is 27.6 Å². The average Bonchev–Trinajstić information content (AvgIpc) is 3.22. The van der Waals surface area contributed by atoms with E-state index in [1.807, 2.05) is 73.7 Å². The van der Waals surface area contributed by atoms with E-state index in [4.69, 9.17) is 4.52 Å². The van der Waals surface area contributed by atoms with Crippen LogP contribution in [0.5, 0.6) is 0 Å². The number of aryl methyl sites for hydroxylation is 1. The van der Waals surface area contributed by atoms with Crippen molar-refractivity contribution in [2.24, 2.45) is 0 Å². The molecule has 0 aliphatic heterocycles. The highest BCUT2D eigenvalue weighted by atomic mass is 16.5. The predicted octanol–water partition coefficient (Wildman–Crippen LogP) is 5.42. The van der Waals surface area contributed by atoms with Gasteiger partial charge < -0.3 is 14.7 Å². The summed E-state index contributed by atoms with van der Waals surface area (Å²) in [4.78, 5) is 19.0. The summed E-state index contributed by atoms with van der Waals surface area (Å²) in [5.74, 6) is 0.864. The van der Waals surface area contributed by atoms with E-state index in [0.29, 0.717) is 18.3 Å². The summed E-state index contributed by atoms with van der Waals surface area (Å²) < 4.78 is 5.39. The smallest absolute Gasteiger partial charge is 0.322 e. The molecule has 4 rings (SSSR count). The van der Waals surface area contributed by atoms with Crippen LogP contribution in [0.4, 0.5) is 10.5 Å². The van der Waals surface area contributed by atoms with Gasteiger partial charge in [-0.15, -0.1) is 6.58 Å². The molecule has 0 fully saturated rings. The first-order valence-corrected chi connectivity index (χ1v) is 9.68. The Balaban J connectivity index is 1.52. The number of urea groups is 1. The largest absolute Gasteiger partial charge is 0.337 e. The van der Waals surface area contributed by atoms with Crippen molar-refractivity contribution in [3.05, 3.63) is 90.8 Å². The number of rotatable bonds is 6. The fraction of sp³-hybridized carbons (Fsp3) is 0.125. The molecule has 2 amide bonds. The van der Waals surface area contributed by atoms with Crippen LogP contribution in [0.1, 0.15) is 11.5 Å². The predicted molar refractivity (Wildman–Crippen MR) is 118 cm³/mol. The molecule has 1 heterocycles. The molecule has 0 saturated heterocycles. The lowest BCUT2D eigenvalue weighted by Gasteiger charge is -2.20. The minimum Gasteiger partial charge on any atom is -0.337 e. The number of carbonyl (C=O) groups is 1. The van der Waals surface area contributed by atoms with Crippen molar-refractivity contribution in [3.8, 4) is 11.4 Å². The molecular weight excluding hydrogens is 376 g/mol. The molecule has 6 nitrogen and oxygen atoms in total. The minimum absolute atomic E-state index is 0.182. The maximum Gasteiger partial charge on any atom is 0.322 e. The Labute approximate surface area is 174 Å². The van der Waals surface area contributed by atoms with E-state index in [0.717, 1.165) is 27.6 Å². The van der Waals surface area contributed by atoms with Gasteiger partial charge in [-0.05, 0) is 24.4 Å². The Bertz CT molecular complexity index is 1190. The van der Waals surface area contributed by atoms with Gasteiger partial charge in [0.15, 0.2) is 0 Å². The molecule has 1 N–H and O–H groups in total. The summed E-state index contributed by atoms with van der Waals surface area (Å²) in [6, 6.07) is 21.3. The third-order valence-corrected chi connectivity index (χ3v) is 4.74. The molecule has 0 aliphatic carbocycles. The van der Waals surface area contributed by atoms with Gasteiger partial charge in [0.1, 0.15) is 6.54 Å². The Morgan fingerprint density at radius 3 is 2.77 bits per heavy atom. The molecule has 3 aromatic carbocycles. The number of nitrogens with one attached hydrogen (secondary N) is 1. The van der Waals surface area contributed by atoms with Crippen LogP contribution >= 0.6 is 0 Å². The van der Waals surface area contributed by atoms with Gasteiger partial charge in [0.25, 0.3) is 0 Å². The Morgan fingerprint density at radius 1 is 1.13 bits per heavy atom. The van der Waals surface area contributed by atoms with Gasteiger partial charge in [-0.25, -0.2) is 4.79 Å². The maximum absolute atomic E-state index is 12.9. The van der Waals surface area contributed by atoms with Gasteiger partial charge in [0.2, 0.25) is 11.7 Å². The van der Waals surface area contributed by atoms with Crippen LogP contribution in [0, 0.1) is 6.92 Å². The Morgan fingerprint density at radius 2 is 1.93 bits per heavy atom. The summed E-state index contributed by atoms with van der Waals surface area (Å²) in [6.45, 7) is 6.29. The van der Waals surface area contributed by atoms with E-state index in [1.165, 1.54) is 0 Å². The lowest BCUT2D eigenvalue weighted by Crippen LogP contribution is -2.34. The van der Waals surface area contributed by atoms with E-state index in [1.54, 1.807) is 11.0 Å². The fourth-order valence-electron chi connectivity index (χ4n) is 3.29. The second kappa shape index (κ2) is 8.61. The number of carbonyl (C=O) groups excluding carboxylic acids is 1. The first-order valence-electron chi connectivity index (χ1n) is 9.68. The van der Waals surface area contributed by atoms with Crippen molar-refractivity contribution in [2.45, 2.75) is 13.5 Å². The molecular formula is C24H22N4O2. The number of hydrogen-bond acceptors (Lipinski definition) is 4. The lowest BCUT2D eigenvalue weighted by molar-refractivity contribution is 0.206. The Hall–Kier alpha value is -3.93. The van der Waals surface area contributed by atoms with E-state index in [9.17, 15) is 4.79 Å². The first-order chi connectivity index (χ1) is 14.6. The van der Waals surface area contributed by atoms with E-state index < -0.39 is 0 Å². The molecule has 0 saturated carbocycles. The fourth-order valence-corrected chi connectivity index (χ4v) is 3.29. The van der Waals surface area contributed by atoms with Gasteiger partial charge >= 0.3 is 6.03 Å². The number of hydrogen-bond donors (Lipinski definition) is 1. The van der Waals surface area contributed by atoms with Crippen LogP contribution in [0.3, 0.4) is 0 Å². The van der Waals surface area contributed by atoms with Crippen molar-refractivity contribution in [1.82, 2.24) is 15.0 Å². The lowest BCUT2D eigenvalue weighted by atomic mass is 10.1. The van der Waals surface area contributed by atoms with Crippen LogP contribution < -0.4 is 5.32 Å². The zero-order valence-electron chi connectivity index (χ0n) is 16.7. The van der Waals surface area contributed by atoms with Crippen molar-refractivity contribution >= 4 is 22.5 Å². The zero-order chi connectivity index (χ0) is 20.9. The number of aromatic nitrogens is 2. The highest BCUT2D eigenvalue weighted by Gasteiger charge is 2.18. The van der Waals surface area contributed by atoms with Crippen molar-refractivity contribution in [3.63, 3.8) is 0 Å². The molecule has 1 aromatic heterocycles. The molecule has 0 unspecified atom stereocenters. The molecule has 0 radical (unpaired) electrons. The summed E-state index contributed by atoms with van der Waals surface area (Å²) in [5, 5.41) is 9.08. The summed E-state index contributed by atoms with van der Waals surface area (Å²) in [5.41, 5.74) is 2.74. The van der Waals surface area contributed by atoms with Gasteiger partial charge in [-0.2, -0.15) is 4.98 Å². The standard InChI is InChI=1S/C24H22N4O2/c1-3-14-28(16-22-26-23(27-30-22)19-11-6-8-17(2)15-19)24(29)25-21-13-7-10-18-9-4-5-12-20(18)21/h3-13,15H,1,14,16H2,2H3,(H,25,29). The number of fused-ring (bicyclic) bond motifs is 1. The first kappa shape index (κ1) is 19.4. The number of benzene rings is 3. The van der Waals surface area contributed by atoms with E-state index in [-0.39, 0.29) is 12.6 Å². The number of amides is 2. The van der Waals surface area contributed by atoms with Gasteiger partial charge in [-0.3, -0.25) is 0 Å². The summed E-state index contributed by atoms with van der Waals surface area (Å²) >= 11 is 0. The second-order valence-electron chi connectivity index (χ2n) is 7.01. The highest BCUT2D eigenvalue weighted by molar-refractivity contribution is 6.01. The summed E-state index contributed by atoms with van der Waals surface area (Å²) in [6.07, 6.45) is 1.67. The number of anilines is 1. The van der Waals surface area contributed by atoms with Gasteiger partial charge in [0.05, 0.1) is 5.69 Å².